The van der Waals surface area contributed by atoms with Crippen molar-refractivity contribution in [3.8, 4) is 11.5 Å². The maximum absolute atomic E-state index is 12.5. The Balaban J connectivity index is 1.72. The third kappa shape index (κ3) is 2.66. The fourth-order valence-corrected chi connectivity index (χ4v) is 3.04. The predicted molar refractivity (Wildman–Crippen MR) is 88.0 cm³/mol. The molecule has 0 amide bonds. The lowest BCUT2D eigenvalue weighted by Crippen LogP contribution is -2.23. The lowest BCUT2D eigenvalue weighted by atomic mass is 9.96. The van der Waals surface area contributed by atoms with Crippen molar-refractivity contribution in [3.05, 3.63) is 64.2 Å². The molecule has 2 aromatic rings. The number of nitrogens with one attached hydrogen (secondary N) is 1. The smallest absolute Gasteiger partial charge is 0.231 e. The first-order chi connectivity index (χ1) is 11.2. The van der Waals surface area contributed by atoms with Gasteiger partial charge < -0.3 is 14.8 Å². The van der Waals surface area contributed by atoms with Crippen LogP contribution in [0.5, 0.6) is 11.5 Å². The molecule has 2 aliphatic heterocycles. The molecule has 0 fully saturated rings. The second-order valence-corrected chi connectivity index (χ2v) is 5.91. The van der Waals surface area contributed by atoms with Crippen LogP contribution < -0.4 is 14.8 Å². The van der Waals surface area contributed by atoms with Gasteiger partial charge in [-0.2, -0.15) is 0 Å². The number of ether oxygens (including phenoxy) is 2. The van der Waals surface area contributed by atoms with Crippen LogP contribution in [0.25, 0.3) is 5.70 Å². The van der Waals surface area contributed by atoms with Crippen molar-refractivity contribution in [3.63, 3.8) is 0 Å². The highest BCUT2D eigenvalue weighted by molar-refractivity contribution is 6.31. The minimum Gasteiger partial charge on any atom is -0.454 e. The zero-order valence-corrected chi connectivity index (χ0v) is 13.0. The molecule has 4 rings (SSSR count). The lowest BCUT2D eigenvalue weighted by Gasteiger charge is -2.21. The van der Waals surface area contributed by atoms with Gasteiger partial charge in [0.05, 0.1) is 0 Å². The number of hydrogen-bond acceptors (Lipinski definition) is 4. The first-order valence-electron chi connectivity index (χ1n) is 7.39. The van der Waals surface area contributed by atoms with Gasteiger partial charge in [0.1, 0.15) is 0 Å². The Hall–Kier alpha value is -2.46. The molecule has 0 atom stereocenters. The largest absolute Gasteiger partial charge is 0.454 e. The van der Waals surface area contributed by atoms with Crippen molar-refractivity contribution in [1.29, 1.82) is 0 Å². The summed E-state index contributed by atoms with van der Waals surface area (Å²) in [4.78, 5) is 12.5. The monoisotopic (exact) mass is 327 g/mol. The Kier molecular flexibility index (Phi) is 3.46. The molecule has 2 aromatic carbocycles. The van der Waals surface area contributed by atoms with E-state index in [1.807, 2.05) is 12.1 Å². The van der Waals surface area contributed by atoms with E-state index in [1.165, 1.54) is 0 Å². The van der Waals surface area contributed by atoms with Crippen LogP contribution in [0.2, 0.25) is 5.02 Å². The van der Waals surface area contributed by atoms with E-state index in [0.717, 1.165) is 35.5 Å². The van der Waals surface area contributed by atoms with Crippen LogP contribution in [0.15, 0.2) is 42.5 Å². The number of hydrogen-bond donors (Lipinski definition) is 1. The van der Waals surface area contributed by atoms with Crippen LogP contribution in [-0.2, 0) is 6.42 Å². The van der Waals surface area contributed by atoms with Gasteiger partial charge in [0, 0.05) is 34.5 Å². The molecule has 0 aliphatic carbocycles. The van der Waals surface area contributed by atoms with Crippen molar-refractivity contribution in [1.82, 2.24) is 5.32 Å². The molecule has 0 bridgehead atoms. The predicted octanol–water partition coefficient (Wildman–Crippen LogP) is 3.44. The first-order valence-corrected chi connectivity index (χ1v) is 7.77. The van der Waals surface area contributed by atoms with Gasteiger partial charge >= 0.3 is 0 Å². The van der Waals surface area contributed by atoms with Crippen LogP contribution >= 0.6 is 11.6 Å². The topological polar surface area (TPSA) is 47.6 Å². The molecular formula is C18H14ClNO3. The third-order valence-electron chi connectivity index (χ3n) is 3.98. The summed E-state index contributed by atoms with van der Waals surface area (Å²) >= 11 is 5.96. The highest BCUT2D eigenvalue weighted by atomic mass is 35.5. The maximum Gasteiger partial charge on any atom is 0.231 e. The van der Waals surface area contributed by atoms with E-state index in [2.05, 4.69) is 5.32 Å². The molecule has 2 heterocycles. The standard InChI is InChI=1S/C18H14ClNO3/c19-13-3-1-2-12(6-13)16(21)9-15-14-8-18-17(22-10-23-18)7-11(14)4-5-20-15/h1-3,6-9,20H,4-5,10H2. The summed E-state index contributed by atoms with van der Waals surface area (Å²) in [6.07, 6.45) is 2.50. The van der Waals surface area contributed by atoms with E-state index in [4.69, 9.17) is 21.1 Å². The van der Waals surface area contributed by atoms with Gasteiger partial charge in [-0.25, -0.2) is 0 Å². The molecule has 0 saturated carbocycles. The van der Waals surface area contributed by atoms with E-state index in [1.54, 1.807) is 30.3 Å². The molecule has 1 N–H and O–H groups in total. The van der Waals surface area contributed by atoms with E-state index < -0.39 is 0 Å². The van der Waals surface area contributed by atoms with E-state index >= 15 is 0 Å². The summed E-state index contributed by atoms with van der Waals surface area (Å²) in [5.74, 6) is 1.40. The highest BCUT2D eigenvalue weighted by Crippen LogP contribution is 2.38. The van der Waals surface area contributed by atoms with Gasteiger partial charge in [0.15, 0.2) is 17.3 Å². The molecule has 23 heavy (non-hydrogen) atoms. The Bertz CT molecular complexity index is 829. The van der Waals surface area contributed by atoms with Crippen LogP contribution in [-0.4, -0.2) is 19.1 Å². The summed E-state index contributed by atoms with van der Waals surface area (Å²) in [5.41, 5.74) is 3.50. The lowest BCUT2D eigenvalue weighted by molar-refractivity contribution is 0.104. The Morgan fingerprint density at radius 1 is 1.17 bits per heavy atom. The molecule has 0 saturated heterocycles. The first kappa shape index (κ1) is 14.2. The second-order valence-electron chi connectivity index (χ2n) is 5.47. The summed E-state index contributed by atoms with van der Waals surface area (Å²) in [7, 11) is 0. The average molecular weight is 328 g/mol. The number of carbonyl (C=O) groups is 1. The van der Waals surface area contributed by atoms with Crippen molar-refractivity contribution >= 4 is 23.1 Å². The minimum atomic E-state index is -0.0829. The number of ketones is 1. The van der Waals surface area contributed by atoms with Crippen molar-refractivity contribution in [2.75, 3.05) is 13.3 Å². The van der Waals surface area contributed by atoms with Crippen molar-refractivity contribution in [2.24, 2.45) is 0 Å². The van der Waals surface area contributed by atoms with Crippen LogP contribution in [0.4, 0.5) is 0 Å². The van der Waals surface area contributed by atoms with Crippen molar-refractivity contribution in [2.45, 2.75) is 6.42 Å². The number of allylic oxidation sites excluding steroid dienone is 1. The number of benzene rings is 2. The fourth-order valence-electron chi connectivity index (χ4n) is 2.85. The zero-order chi connectivity index (χ0) is 15.8. The minimum absolute atomic E-state index is 0.0829. The molecule has 2 aliphatic rings. The zero-order valence-electron chi connectivity index (χ0n) is 12.3. The molecule has 0 radical (unpaired) electrons. The van der Waals surface area contributed by atoms with Crippen molar-refractivity contribution < 1.29 is 14.3 Å². The number of fused-ring (bicyclic) bond motifs is 2. The molecule has 5 heteroatoms. The van der Waals surface area contributed by atoms with E-state index in [-0.39, 0.29) is 12.6 Å². The Morgan fingerprint density at radius 2 is 2.00 bits per heavy atom. The Labute approximate surface area is 138 Å². The van der Waals surface area contributed by atoms with Gasteiger partial charge in [0.25, 0.3) is 0 Å². The molecule has 0 spiro atoms. The summed E-state index contributed by atoms with van der Waals surface area (Å²) < 4.78 is 10.9. The SMILES string of the molecule is O=C(C=C1NCCc2cc3c(cc21)OCO3)c1cccc(Cl)c1. The number of halogens is 1. The van der Waals surface area contributed by atoms with E-state index in [9.17, 15) is 4.79 Å². The molecule has 116 valence electrons. The molecule has 0 aromatic heterocycles. The quantitative estimate of drug-likeness (QED) is 0.678. The van der Waals surface area contributed by atoms with Gasteiger partial charge in [-0.05, 0) is 36.2 Å². The van der Waals surface area contributed by atoms with E-state index in [0.29, 0.717) is 16.3 Å². The summed E-state index contributed by atoms with van der Waals surface area (Å²) in [6.45, 7) is 1.02. The maximum atomic E-state index is 12.5. The number of carbonyl (C=O) groups excluding carboxylic acids is 1. The van der Waals surface area contributed by atoms with Gasteiger partial charge in [0.2, 0.25) is 6.79 Å². The second kappa shape index (κ2) is 5.63. The van der Waals surface area contributed by atoms with Crippen LogP contribution in [0.3, 0.4) is 0 Å². The van der Waals surface area contributed by atoms with Gasteiger partial charge in [-0.15, -0.1) is 0 Å². The normalized spacial score (nSPS) is 16.8. The van der Waals surface area contributed by atoms with Gasteiger partial charge in [-0.3, -0.25) is 4.79 Å². The Morgan fingerprint density at radius 3 is 2.83 bits per heavy atom. The third-order valence-corrected chi connectivity index (χ3v) is 4.22. The number of rotatable bonds is 2. The fraction of sp³-hybridized carbons (Fsp3) is 0.167. The molecule has 4 nitrogen and oxygen atoms in total. The van der Waals surface area contributed by atoms with Crippen LogP contribution in [0.1, 0.15) is 21.5 Å². The summed E-state index contributed by atoms with van der Waals surface area (Å²) in [6, 6.07) is 10.9. The molecule has 0 unspecified atom stereocenters. The average Bonchev–Trinajstić information content (AvgIpc) is 3.00. The molecular weight excluding hydrogens is 314 g/mol. The van der Waals surface area contributed by atoms with Crippen LogP contribution in [0, 0.1) is 0 Å². The van der Waals surface area contributed by atoms with Gasteiger partial charge in [-0.1, -0.05) is 23.7 Å². The summed E-state index contributed by atoms with van der Waals surface area (Å²) in [5, 5.41) is 3.84. The highest BCUT2D eigenvalue weighted by Gasteiger charge is 2.22.